The Bertz CT molecular complexity index is 382. The van der Waals surface area contributed by atoms with Gasteiger partial charge in [-0.05, 0) is 18.2 Å². The van der Waals surface area contributed by atoms with Crippen LogP contribution in [-0.2, 0) is 4.74 Å². The van der Waals surface area contributed by atoms with Crippen molar-refractivity contribution in [3.63, 3.8) is 0 Å². The fourth-order valence-electron chi connectivity index (χ4n) is 1.10. The highest BCUT2D eigenvalue weighted by Gasteiger charge is 2.14. The summed E-state index contributed by atoms with van der Waals surface area (Å²) >= 11 is 0. The van der Waals surface area contributed by atoms with Gasteiger partial charge in [0.1, 0.15) is 17.9 Å². The first-order valence-corrected chi connectivity index (χ1v) is 4.43. The second kappa shape index (κ2) is 5.29. The van der Waals surface area contributed by atoms with Crippen molar-refractivity contribution in [3.8, 4) is 5.75 Å². The molecule has 0 amide bonds. The summed E-state index contributed by atoms with van der Waals surface area (Å²) in [7, 11) is 1.18. The largest absolute Gasteiger partial charge is 0.487 e. The predicted molar refractivity (Wildman–Crippen MR) is 53.7 cm³/mol. The molecule has 6 heteroatoms. The Labute approximate surface area is 91.0 Å². The van der Waals surface area contributed by atoms with Gasteiger partial charge in [0, 0.05) is 5.69 Å². The molecule has 1 aromatic rings. The van der Waals surface area contributed by atoms with E-state index in [9.17, 15) is 13.6 Å². The van der Waals surface area contributed by atoms with Gasteiger partial charge < -0.3 is 15.2 Å². The molecule has 4 nitrogen and oxygen atoms in total. The van der Waals surface area contributed by atoms with Crippen LogP contribution in [0, 0.1) is 0 Å². The molecular formula is C10H11F2NO3. The lowest BCUT2D eigenvalue weighted by molar-refractivity contribution is 0.0578. The number of hydrogen-bond donors (Lipinski definition) is 1. The molecule has 0 aliphatic rings. The highest BCUT2D eigenvalue weighted by Crippen LogP contribution is 2.22. The molecule has 0 heterocycles. The standard InChI is InChI=1S/C10H11F2NO3/c1-15-10(14)7-4-6(13)2-3-8(7)16-5-9(11)12/h2-4,9H,5,13H2,1H3. The van der Waals surface area contributed by atoms with Crippen molar-refractivity contribution in [2.24, 2.45) is 0 Å². The minimum atomic E-state index is -2.61. The minimum absolute atomic E-state index is 0.0290. The van der Waals surface area contributed by atoms with E-state index in [2.05, 4.69) is 4.74 Å². The van der Waals surface area contributed by atoms with Crippen LogP contribution in [0.5, 0.6) is 5.75 Å². The van der Waals surface area contributed by atoms with Gasteiger partial charge in [-0.2, -0.15) is 0 Å². The average molecular weight is 231 g/mol. The summed E-state index contributed by atoms with van der Waals surface area (Å²) in [6.07, 6.45) is -2.61. The van der Waals surface area contributed by atoms with Crippen molar-refractivity contribution in [3.05, 3.63) is 23.8 Å². The van der Waals surface area contributed by atoms with E-state index in [0.717, 1.165) is 0 Å². The molecule has 0 radical (unpaired) electrons. The van der Waals surface area contributed by atoms with Crippen molar-refractivity contribution in [1.29, 1.82) is 0 Å². The number of rotatable bonds is 4. The topological polar surface area (TPSA) is 61.5 Å². The summed E-state index contributed by atoms with van der Waals surface area (Å²) in [6.45, 7) is -0.784. The summed E-state index contributed by atoms with van der Waals surface area (Å²) in [5.41, 5.74) is 5.82. The maximum Gasteiger partial charge on any atom is 0.341 e. The van der Waals surface area contributed by atoms with E-state index in [-0.39, 0.29) is 11.3 Å². The Morgan fingerprint density at radius 3 is 2.75 bits per heavy atom. The van der Waals surface area contributed by atoms with Crippen LogP contribution in [0.15, 0.2) is 18.2 Å². The second-order valence-corrected chi connectivity index (χ2v) is 2.95. The summed E-state index contributed by atoms with van der Waals surface area (Å²) in [5, 5.41) is 0. The maximum absolute atomic E-state index is 11.9. The number of hydrogen-bond acceptors (Lipinski definition) is 4. The van der Waals surface area contributed by atoms with Crippen molar-refractivity contribution < 1.29 is 23.0 Å². The van der Waals surface area contributed by atoms with Crippen LogP contribution in [0.3, 0.4) is 0 Å². The number of ether oxygens (including phenoxy) is 2. The van der Waals surface area contributed by atoms with Gasteiger partial charge in [-0.15, -0.1) is 0 Å². The van der Waals surface area contributed by atoms with Crippen LogP contribution >= 0.6 is 0 Å². The molecule has 2 N–H and O–H groups in total. The van der Waals surface area contributed by atoms with Gasteiger partial charge in [0.25, 0.3) is 6.43 Å². The zero-order valence-electron chi connectivity index (χ0n) is 8.57. The number of benzene rings is 1. The number of anilines is 1. The molecular weight excluding hydrogens is 220 g/mol. The lowest BCUT2D eigenvalue weighted by atomic mass is 10.2. The highest BCUT2D eigenvalue weighted by molar-refractivity contribution is 5.93. The molecule has 0 aliphatic carbocycles. The molecule has 0 bridgehead atoms. The zero-order valence-corrected chi connectivity index (χ0v) is 8.57. The van der Waals surface area contributed by atoms with E-state index in [4.69, 9.17) is 10.5 Å². The Balaban J connectivity index is 2.93. The van der Waals surface area contributed by atoms with E-state index in [0.29, 0.717) is 5.69 Å². The lowest BCUT2D eigenvalue weighted by Gasteiger charge is -2.10. The number of nitrogens with two attached hydrogens (primary N) is 1. The molecule has 88 valence electrons. The smallest absolute Gasteiger partial charge is 0.341 e. The number of esters is 1. The maximum atomic E-state index is 11.9. The van der Waals surface area contributed by atoms with Gasteiger partial charge in [0.2, 0.25) is 0 Å². The third-order valence-electron chi connectivity index (χ3n) is 1.77. The van der Waals surface area contributed by atoms with Crippen LogP contribution < -0.4 is 10.5 Å². The molecule has 0 saturated carbocycles. The lowest BCUT2D eigenvalue weighted by Crippen LogP contribution is -2.11. The SMILES string of the molecule is COC(=O)c1cc(N)ccc1OCC(F)F. The molecule has 0 aromatic heterocycles. The van der Waals surface area contributed by atoms with Crippen molar-refractivity contribution >= 4 is 11.7 Å². The van der Waals surface area contributed by atoms with Gasteiger partial charge >= 0.3 is 5.97 Å². The highest BCUT2D eigenvalue weighted by atomic mass is 19.3. The fourth-order valence-corrected chi connectivity index (χ4v) is 1.10. The van der Waals surface area contributed by atoms with Gasteiger partial charge in [0.15, 0.2) is 0 Å². The molecule has 0 unspecified atom stereocenters. The van der Waals surface area contributed by atoms with E-state index in [1.807, 2.05) is 0 Å². The number of alkyl halides is 2. The normalized spacial score (nSPS) is 10.2. The summed E-state index contributed by atoms with van der Waals surface area (Å²) in [5.74, 6) is -0.655. The molecule has 16 heavy (non-hydrogen) atoms. The average Bonchev–Trinajstić information content (AvgIpc) is 2.26. The minimum Gasteiger partial charge on any atom is -0.487 e. The number of nitrogen functional groups attached to an aromatic ring is 1. The number of carbonyl (C=O) groups excluding carboxylic acids is 1. The quantitative estimate of drug-likeness (QED) is 0.632. The number of methoxy groups -OCH3 is 1. The summed E-state index contributed by atoms with van der Waals surface area (Å²) < 4.78 is 33.1. The van der Waals surface area contributed by atoms with Crippen molar-refractivity contribution in [2.45, 2.75) is 6.43 Å². The van der Waals surface area contributed by atoms with E-state index in [1.165, 1.54) is 25.3 Å². The molecule has 1 rings (SSSR count). The van der Waals surface area contributed by atoms with Crippen LogP contribution in [0.1, 0.15) is 10.4 Å². The summed E-state index contributed by atoms with van der Waals surface area (Å²) in [6, 6.07) is 4.11. The van der Waals surface area contributed by atoms with Crippen molar-refractivity contribution in [2.75, 3.05) is 19.5 Å². The van der Waals surface area contributed by atoms with E-state index < -0.39 is 19.0 Å². The Morgan fingerprint density at radius 2 is 2.19 bits per heavy atom. The van der Waals surface area contributed by atoms with E-state index in [1.54, 1.807) is 0 Å². The number of carbonyl (C=O) groups is 1. The summed E-state index contributed by atoms with van der Waals surface area (Å²) in [4.78, 5) is 11.3. The molecule has 0 atom stereocenters. The molecule has 0 aliphatic heterocycles. The van der Waals surface area contributed by atoms with Gasteiger partial charge in [0.05, 0.1) is 7.11 Å². The molecule has 0 fully saturated rings. The third-order valence-corrected chi connectivity index (χ3v) is 1.77. The van der Waals surface area contributed by atoms with Crippen LogP contribution in [-0.4, -0.2) is 26.1 Å². The first kappa shape index (κ1) is 12.2. The Hall–Kier alpha value is -1.85. The van der Waals surface area contributed by atoms with Crippen molar-refractivity contribution in [1.82, 2.24) is 0 Å². The first-order chi connectivity index (χ1) is 7.54. The molecule has 0 spiro atoms. The van der Waals surface area contributed by atoms with Gasteiger partial charge in [-0.25, -0.2) is 13.6 Å². The number of halogens is 2. The zero-order chi connectivity index (χ0) is 12.1. The van der Waals surface area contributed by atoms with E-state index >= 15 is 0 Å². The first-order valence-electron chi connectivity index (χ1n) is 4.43. The fraction of sp³-hybridized carbons (Fsp3) is 0.300. The van der Waals surface area contributed by atoms with Gasteiger partial charge in [-0.3, -0.25) is 0 Å². The third kappa shape index (κ3) is 3.08. The Kier molecular flexibility index (Phi) is 4.04. The molecule has 1 aromatic carbocycles. The van der Waals surface area contributed by atoms with Crippen LogP contribution in [0.2, 0.25) is 0 Å². The van der Waals surface area contributed by atoms with Gasteiger partial charge in [-0.1, -0.05) is 0 Å². The predicted octanol–water partition coefficient (Wildman–Crippen LogP) is 1.70. The monoisotopic (exact) mass is 231 g/mol. The second-order valence-electron chi connectivity index (χ2n) is 2.95. The Morgan fingerprint density at radius 1 is 1.50 bits per heavy atom. The van der Waals surface area contributed by atoms with Crippen LogP contribution in [0.4, 0.5) is 14.5 Å². The van der Waals surface area contributed by atoms with Crippen LogP contribution in [0.25, 0.3) is 0 Å². The molecule has 0 saturated heterocycles.